The van der Waals surface area contributed by atoms with Crippen LogP contribution in [-0.2, 0) is 0 Å². The Morgan fingerprint density at radius 3 is 2.28 bits per heavy atom. The average molecular weight is 298 g/mol. The van der Waals surface area contributed by atoms with E-state index in [0.717, 1.165) is 20.5 Å². The fraction of sp³-hybridized carbons (Fsp3) is 0.143. The van der Waals surface area contributed by atoms with Crippen molar-refractivity contribution in [2.75, 3.05) is 6.54 Å². The second-order valence-corrected chi connectivity index (χ2v) is 5.94. The zero-order valence-corrected chi connectivity index (χ0v) is 12.0. The van der Waals surface area contributed by atoms with Gasteiger partial charge in [0.25, 0.3) is 0 Å². The quantitative estimate of drug-likeness (QED) is 0.822. The number of hydrogen-bond donors (Lipinski definition) is 1. The smallest absolute Gasteiger partial charge is 0.0481 e. The molecule has 0 aliphatic carbocycles. The maximum Gasteiger partial charge on any atom is 0.0481 e. The van der Waals surface area contributed by atoms with Crippen LogP contribution in [0, 0.1) is 0 Å². The standard InChI is InChI=1S/C14H13Cl2NS/c15-10-5-7-11(8-6-10)18-14(9-17)12-3-1-2-4-13(12)16/h1-8,14H,9,17H2. The summed E-state index contributed by atoms with van der Waals surface area (Å²) in [7, 11) is 0. The molecule has 0 saturated carbocycles. The van der Waals surface area contributed by atoms with E-state index in [2.05, 4.69) is 0 Å². The van der Waals surface area contributed by atoms with Crippen LogP contribution in [0.2, 0.25) is 10.0 Å². The monoisotopic (exact) mass is 297 g/mol. The van der Waals surface area contributed by atoms with Crippen molar-refractivity contribution in [3.63, 3.8) is 0 Å². The van der Waals surface area contributed by atoms with Gasteiger partial charge in [-0.2, -0.15) is 0 Å². The molecule has 18 heavy (non-hydrogen) atoms. The third kappa shape index (κ3) is 3.42. The Morgan fingerprint density at radius 2 is 1.67 bits per heavy atom. The van der Waals surface area contributed by atoms with Crippen LogP contribution in [0.3, 0.4) is 0 Å². The highest BCUT2D eigenvalue weighted by Crippen LogP contribution is 2.37. The zero-order chi connectivity index (χ0) is 13.0. The fourth-order valence-electron chi connectivity index (χ4n) is 1.65. The van der Waals surface area contributed by atoms with Gasteiger partial charge in [0.1, 0.15) is 0 Å². The Kier molecular flexibility index (Phi) is 4.95. The predicted octanol–water partition coefficient (Wildman–Crippen LogP) is 4.79. The van der Waals surface area contributed by atoms with Crippen molar-refractivity contribution in [3.8, 4) is 0 Å². The lowest BCUT2D eigenvalue weighted by Crippen LogP contribution is -2.09. The third-order valence-electron chi connectivity index (χ3n) is 2.56. The molecule has 0 radical (unpaired) electrons. The predicted molar refractivity (Wildman–Crippen MR) is 80.6 cm³/mol. The largest absolute Gasteiger partial charge is 0.329 e. The molecular weight excluding hydrogens is 285 g/mol. The molecular formula is C14H13Cl2NS. The highest BCUT2D eigenvalue weighted by molar-refractivity contribution is 7.99. The molecule has 1 atom stereocenters. The molecule has 4 heteroatoms. The Morgan fingerprint density at radius 1 is 1.00 bits per heavy atom. The van der Waals surface area contributed by atoms with Gasteiger partial charge in [0.05, 0.1) is 0 Å². The molecule has 0 heterocycles. The maximum absolute atomic E-state index is 6.20. The van der Waals surface area contributed by atoms with Crippen LogP contribution >= 0.6 is 35.0 Å². The summed E-state index contributed by atoms with van der Waals surface area (Å²) in [5.41, 5.74) is 6.92. The number of rotatable bonds is 4. The average Bonchev–Trinajstić information content (AvgIpc) is 2.39. The van der Waals surface area contributed by atoms with E-state index in [1.807, 2.05) is 48.5 Å². The lowest BCUT2D eigenvalue weighted by Gasteiger charge is -2.16. The van der Waals surface area contributed by atoms with Gasteiger partial charge in [-0.05, 0) is 35.9 Å². The summed E-state index contributed by atoms with van der Waals surface area (Å²) < 4.78 is 0. The van der Waals surface area contributed by atoms with E-state index in [-0.39, 0.29) is 5.25 Å². The topological polar surface area (TPSA) is 26.0 Å². The SMILES string of the molecule is NCC(Sc1ccc(Cl)cc1)c1ccccc1Cl. The van der Waals surface area contributed by atoms with Crippen LogP contribution in [0.4, 0.5) is 0 Å². The molecule has 0 fully saturated rings. The van der Waals surface area contributed by atoms with Crippen molar-refractivity contribution in [1.29, 1.82) is 0 Å². The number of nitrogens with two attached hydrogens (primary N) is 1. The molecule has 2 N–H and O–H groups in total. The van der Waals surface area contributed by atoms with Gasteiger partial charge < -0.3 is 5.73 Å². The molecule has 2 aromatic carbocycles. The fourth-order valence-corrected chi connectivity index (χ4v) is 3.16. The summed E-state index contributed by atoms with van der Waals surface area (Å²) in [5, 5.41) is 1.65. The van der Waals surface area contributed by atoms with E-state index in [9.17, 15) is 0 Å². The third-order valence-corrected chi connectivity index (χ3v) is 4.43. The summed E-state index contributed by atoms with van der Waals surface area (Å²) in [6.45, 7) is 0.539. The molecule has 0 spiro atoms. The van der Waals surface area contributed by atoms with Crippen molar-refractivity contribution in [3.05, 3.63) is 64.1 Å². The van der Waals surface area contributed by atoms with Crippen molar-refractivity contribution in [2.24, 2.45) is 5.73 Å². The van der Waals surface area contributed by atoms with Crippen LogP contribution < -0.4 is 5.73 Å². The maximum atomic E-state index is 6.20. The second kappa shape index (κ2) is 6.48. The van der Waals surface area contributed by atoms with Gasteiger partial charge >= 0.3 is 0 Å². The van der Waals surface area contributed by atoms with Gasteiger partial charge in [0, 0.05) is 26.7 Å². The van der Waals surface area contributed by atoms with Crippen LogP contribution in [-0.4, -0.2) is 6.54 Å². The zero-order valence-electron chi connectivity index (χ0n) is 9.64. The van der Waals surface area contributed by atoms with Gasteiger partial charge in [-0.3, -0.25) is 0 Å². The second-order valence-electron chi connectivity index (χ2n) is 3.82. The van der Waals surface area contributed by atoms with E-state index in [4.69, 9.17) is 28.9 Å². The lowest BCUT2D eigenvalue weighted by atomic mass is 10.1. The van der Waals surface area contributed by atoms with Crippen molar-refractivity contribution in [2.45, 2.75) is 10.1 Å². The summed E-state index contributed by atoms with van der Waals surface area (Å²) in [6, 6.07) is 15.6. The van der Waals surface area contributed by atoms with Gasteiger partial charge in [0.15, 0.2) is 0 Å². The van der Waals surface area contributed by atoms with Gasteiger partial charge in [-0.25, -0.2) is 0 Å². The first-order valence-electron chi connectivity index (χ1n) is 5.57. The van der Waals surface area contributed by atoms with Crippen LogP contribution in [0.15, 0.2) is 53.4 Å². The summed E-state index contributed by atoms with van der Waals surface area (Å²) in [4.78, 5) is 1.13. The molecule has 0 aliphatic rings. The van der Waals surface area contributed by atoms with Crippen LogP contribution in [0.1, 0.15) is 10.8 Å². The normalized spacial score (nSPS) is 12.4. The molecule has 0 aliphatic heterocycles. The van der Waals surface area contributed by atoms with Gasteiger partial charge in [0.2, 0.25) is 0 Å². The van der Waals surface area contributed by atoms with E-state index in [0.29, 0.717) is 6.54 Å². The summed E-state index contributed by atoms with van der Waals surface area (Å²) >= 11 is 13.8. The Hall–Kier alpha value is -0.670. The molecule has 1 unspecified atom stereocenters. The summed E-state index contributed by atoms with van der Waals surface area (Å²) in [5.74, 6) is 0. The van der Waals surface area contributed by atoms with Gasteiger partial charge in [-0.15, -0.1) is 11.8 Å². The number of benzene rings is 2. The number of hydrogen-bond acceptors (Lipinski definition) is 2. The molecule has 1 nitrogen and oxygen atoms in total. The first-order valence-corrected chi connectivity index (χ1v) is 7.21. The highest BCUT2D eigenvalue weighted by Gasteiger charge is 2.14. The Bertz CT molecular complexity index is 513. The minimum Gasteiger partial charge on any atom is -0.329 e. The minimum atomic E-state index is 0.153. The molecule has 2 aromatic rings. The molecule has 2 rings (SSSR count). The molecule has 94 valence electrons. The van der Waals surface area contributed by atoms with Crippen molar-refractivity contribution in [1.82, 2.24) is 0 Å². The summed E-state index contributed by atoms with van der Waals surface area (Å²) in [6.07, 6.45) is 0. The van der Waals surface area contributed by atoms with E-state index in [1.54, 1.807) is 11.8 Å². The Balaban J connectivity index is 2.20. The highest BCUT2D eigenvalue weighted by atomic mass is 35.5. The van der Waals surface area contributed by atoms with E-state index < -0.39 is 0 Å². The number of halogens is 2. The van der Waals surface area contributed by atoms with Crippen molar-refractivity contribution < 1.29 is 0 Å². The molecule has 0 aromatic heterocycles. The molecule has 0 saturated heterocycles. The van der Waals surface area contributed by atoms with Gasteiger partial charge in [-0.1, -0.05) is 41.4 Å². The first kappa shape index (κ1) is 13.8. The van der Waals surface area contributed by atoms with E-state index >= 15 is 0 Å². The first-order chi connectivity index (χ1) is 8.70. The van der Waals surface area contributed by atoms with Crippen molar-refractivity contribution >= 4 is 35.0 Å². The minimum absolute atomic E-state index is 0.153. The van der Waals surface area contributed by atoms with E-state index in [1.165, 1.54) is 0 Å². The van der Waals surface area contributed by atoms with Crippen LogP contribution in [0.25, 0.3) is 0 Å². The Labute approximate surface area is 121 Å². The number of thioether (sulfide) groups is 1. The lowest BCUT2D eigenvalue weighted by molar-refractivity contribution is 0.941. The molecule has 0 amide bonds. The van der Waals surface area contributed by atoms with Crippen LogP contribution in [0.5, 0.6) is 0 Å². The molecule has 0 bridgehead atoms.